The maximum Gasteiger partial charge on any atom is 0.264 e. The predicted molar refractivity (Wildman–Crippen MR) is 134 cm³/mol. The van der Waals surface area contributed by atoms with Gasteiger partial charge in [0.15, 0.2) is 6.61 Å². The number of likely N-dealkylation sites (N-methyl/N-ethyl adjacent to an activating group) is 1. The number of halogens is 2. The summed E-state index contributed by atoms with van der Waals surface area (Å²) in [5, 5.41) is 3.09. The minimum atomic E-state index is -0.523. The zero-order chi connectivity index (χ0) is 23.8. The van der Waals surface area contributed by atoms with Crippen molar-refractivity contribution in [2.24, 2.45) is 0 Å². The van der Waals surface area contributed by atoms with Gasteiger partial charge in [0.1, 0.15) is 42.4 Å². The highest BCUT2D eigenvalue weighted by Crippen LogP contribution is 2.51. The van der Waals surface area contributed by atoms with Gasteiger partial charge in [-0.1, -0.05) is 17.1 Å². The van der Waals surface area contributed by atoms with Crippen LogP contribution in [0.15, 0.2) is 53.7 Å². The molecule has 6 nitrogen and oxygen atoms in total. The first-order valence-electron chi connectivity index (χ1n) is 10.8. The number of carbonyl (C=O) groups excluding carboxylic acids is 2. The van der Waals surface area contributed by atoms with Crippen LogP contribution in [-0.2, 0) is 7.86 Å². The zero-order valence-corrected chi connectivity index (χ0v) is 20.9. The van der Waals surface area contributed by atoms with Gasteiger partial charge in [-0.05, 0) is 61.7 Å². The molecule has 0 heterocycles. The quantitative estimate of drug-likeness (QED) is 0.417. The third-order valence-corrected chi connectivity index (χ3v) is 7.27. The van der Waals surface area contributed by atoms with Crippen LogP contribution in [0.3, 0.4) is 0 Å². The van der Waals surface area contributed by atoms with E-state index in [0.717, 1.165) is 16.7 Å². The molecule has 0 aliphatic heterocycles. The Morgan fingerprint density at radius 3 is 2.58 bits per heavy atom. The molecule has 172 valence electrons. The molecule has 2 amide bonds. The maximum absolute atomic E-state index is 13.2. The van der Waals surface area contributed by atoms with Crippen LogP contribution >= 0.6 is 23.0 Å². The molecular formula is C24H25BFIN2O4. The van der Waals surface area contributed by atoms with E-state index in [2.05, 4.69) is 5.32 Å². The van der Waals surface area contributed by atoms with Gasteiger partial charge in [-0.15, -0.1) is 0 Å². The Morgan fingerprint density at radius 2 is 1.94 bits per heavy atom. The van der Waals surface area contributed by atoms with Crippen LogP contribution in [0.25, 0.3) is 0 Å². The molecule has 1 fully saturated rings. The second kappa shape index (κ2) is 9.46. The van der Waals surface area contributed by atoms with E-state index >= 15 is 0 Å². The normalized spacial score (nSPS) is 21.3. The van der Waals surface area contributed by atoms with Crippen LogP contribution in [-0.4, -0.2) is 49.9 Å². The minimum absolute atomic E-state index is 0.0576. The van der Waals surface area contributed by atoms with Gasteiger partial charge in [0, 0.05) is 24.7 Å². The van der Waals surface area contributed by atoms with E-state index in [1.165, 1.54) is 29.8 Å². The molecule has 0 aromatic heterocycles. The van der Waals surface area contributed by atoms with Crippen molar-refractivity contribution in [1.82, 2.24) is 10.2 Å². The lowest BCUT2D eigenvalue weighted by Gasteiger charge is -2.54. The molecule has 0 spiro atoms. The molecule has 2 aromatic carbocycles. The number of benzene rings is 2. The summed E-state index contributed by atoms with van der Waals surface area (Å²) in [6.45, 7) is 1.97. The summed E-state index contributed by atoms with van der Waals surface area (Å²) in [5.41, 5.74) is 4.21. The van der Waals surface area contributed by atoms with Crippen molar-refractivity contribution in [3.63, 3.8) is 0 Å². The van der Waals surface area contributed by atoms with Gasteiger partial charge in [0.05, 0.1) is 11.6 Å². The van der Waals surface area contributed by atoms with Gasteiger partial charge in [-0.3, -0.25) is 9.59 Å². The first-order valence-corrected chi connectivity index (χ1v) is 11.6. The number of nitrogens with zero attached hydrogens (tertiary/aromatic N) is 1. The highest BCUT2D eigenvalue weighted by atomic mass is 127. The van der Waals surface area contributed by atoms with E-state index in [0.29, 0.717) is 30.6 Å². The summed E-state index contributed by atoms with van der Waals surface area (Å²) in [5.74, 6) is -0.121. The van der Waals surface area contributed by atoms with Crippen molar-refractivity contribution < 1.29 is 21.8 Å². The Bertz CT molecular complexity index is 1110. The fourth-order valence-electron chi connectivity index (χ4n) is 4.41. The van der Waals surface area contributed by atoms with E-state index in [1.807, 2.05) is 56.0 Å². The molecular weight excluding hydrogens is 537 g/mol. The fraction of sp³-hybridized carbons (Fsp3) is 0.333. The van der Waals surface area contributed by atoms with Crippen molar-refractivity contribution in [2.45, 2.75) is 37.8 Å². The molecule has 0 radical (unpaired) electrons. The lowest BCUT2D eigenvalue weighted by atomic mass is 9.62. The van der Waals surface area contributed by atoms with Crippen molar-refractivity contribution in [2.75, 3.05) is 13.7 Å². The van der Waals surface area contributed by atoms with Crippen molar-refractivity contribution in [3.8, 4) is 5.75 Å². The van der Waals surface area contributed by atoms with Crippen LogP contribution < -0.4 is 15.5 Å². The largest absolute Gasteiger partial charge is 0.484 e. The van der Waals surface area contributed by atoms with Crippen molar-refractivity contribution >= 4 is 48.1 Å². The third-order valence-electron chi connectivity index (χ3n) is 6.66. The van der Waals surface area contributed by atoms with Gasteiger partial charge < -0.3 is 18.0 Å². The Balaban J connectivity index is 1.41. The highest BCUT2D eigenvalue weighted by molar-refractivity contribution is 14.1. The average Bonchev–Trinajstić information content (AvgIpc) is 2.78. The molecule has 2 aromatic rings. The van der Waals surface area contributed by atoms with Gasteiger partial charge in [-0.25, -0.2) is 4.39 Å². The van der Waals surface area contributed by atoms with Gasteiger partial charge >= 0.3 is 0 Å². The van der Waals surface area contributed by atoms with Gasteiger partial charge in [0.25, 0.3) is 11.8 Å². The molecule has 1 saturated carbocycles. The Labute approximate surface area is 207 Å². The average molecular weight is 562 g/mol. The van der Waals surface area contributed by atoms with Gasteiger partial charge in [-0.2, -0.15) is 0 Å². The zero-order valence-electron chi connectivity index (χ0n) is 18.8. The van der Waals surface area contributed by atoms with Crippen LogP contribution in [0.1, 0.15) is 35.2 Å². The number of rotatable bonds is 7. The number of nitrogens with one attached hydrogen (secondary N) is 1. The van der Waals surface area contributed by atoms with E-state index in [1.54, 1.807) is 11.9 Å². The molecule has 33 heavy (non-hydrogen) atoms. The number of amides is 2. The Hall–Kier alpha value is -2.40. The summed E-state index contributed by atoms with van der Waals surface area (Å²) in [6, 6.07) is 11.2. The number of hydrogen-bond donors (Lipinski definition) is 1. The van der Waals surface area contributed by atoms with Crippen LogP contribution in [0.5, 0.6) is 5.75 Å². The summed E-state index contributed by atoms with van der Waals surface area (Å²) in [7, 11) is 3.76. The second-order valence-corrected chi connectivity index (χ2v) is 9.30. The number of hydrogen-bond acceptors (Lipinski definition) is 4. The van der Waals surface area contributed by atoms with Crippen LogP contribution in [0, 0.1) is 12.7 Å². The molecule has 1 unspecified atom stereocenters. The first kappa shape index (κ1) is 23.8. The molecule has 1 N–H and O–H groups in total. The molecule has 5 rings (SSSR count). The van der Waals surface area contributed by atoms with E-state index in [9.17, 15) is 14.0 Å². The van der Waals surface area contributed by atoms with Crippen LogP contribution in [0.4, 0.5) is 4.39 Å². The molecule has 0 saturated heterocycles. The SMILES string of the molecule is Bc1cc(OCC(=O)N(C)C2=C3CC(NC(=O)c4ccc(F)cc4)(C3)C(OI)C2)ccc1C. The summed E-state index contributed by atoms with van der Waals surface area (Å²) >= 11 is 1.85. The first-order chi connectivity index (χ1) is 15.7. The lowest BCUT2D eigenvalue weighted by molar-refractivity contribution is -0.131. The van der Waals surface area contributed by atoms with Crippen molar-refractivity contribution in [3.05, 3.63) is 70.7 Å². The molecule has 9 heteroatoms. The minimum Gasteiger partial charge on any atom is -0.484 e. The van der Waals surface area contributed by atoms with Crippen molar-refractivity contribution in [1.29, 1.82) is 0 Å². The Morgan fingerprint density at radius 1 is 1.24 bits per heavy atom. The Kier molecular flexibility index (Phi) is 6.81. The number of carbonyl (C=O) groups is 2. The number of fused-ring (bicyclic) bond motifs is 2. The number of aryl methyl sites for hydroxylation is 1. The highest BCUT2D eigenvalue weighted by Gasteiger charge is 2.54. The van der Waals surface area contributed by atoms with Gasteiger partial charge in [0.2, 0.25) is 0 Å². The lowest BCUT2D eigenvalue weighted by Crippen LogP contribution is -2.65. The number of ether oxygens (including phenoxy) is 1. The standard InChI is InChI=1S/C24H25BFIN2O4/c1-14-3-8-18(9-19(14)25)32-13-22(30)29(2)20-10-21(33-27)24(11-16(20)12-24)28-23(31)15-4-6-17(26)7-5-15/h3-9,21H,10-13,25H2,1-2H3,(H,28,31). The van der Waals surface area contributed by atoms with E-state index in [-0.39, 0.29) is 30.3 Å². The summed E-state index contributed by atoms with van der Waals surface area (Å²) < 4.78 is 24.6. The molecule has 1 atom stereocenters. The predicted octanol–water partition coefficient (Wildman–Crippen LogP) is 2.59. The summed E-state index contributed by atoms with van der Waals surface area (Å²) in [4.78, 5) is 27.2. The van der Waals surface area contributed by atoms with E-state index in [4.69, 9.17) is 7.80 Å². The topological polar surface area (TPSA) is 67.9 Å². The fourth-order valence-corrected chi connectivity index (χ4v) is 5.08. The smallest absolute Gasteiger partial charge is 0.264 e. The molecule has 3 aliphatic carbocycles. The maximum atomic E-state index is 13.2. The molecule has 2 bridgehead atoms. The third kappa shape index (κ3) is 4.79. The van der Waals surface area contributed by atoms with Crippen LogP contribution in [0.2, 0.25) is 0 Å². The monoisotopic (exact) mass is 562 g/mol. The van der Waals surface area contributed by atoms with E-state index < -0.39 is 5.54 Å². The molecule has 3 aliphatic rings. The summed E-state index contributed by atoms with van der Waals surface area (Å²) in [6.07, 6.45) is 1.44. The second-order valence-electron chi connectivity index (χ2n) is 8.79.